The maximum atomic E-state index is 11.7. The number of carbonyl (C=O) groups is 1. The molecule has 5 rings (SSSR count). The SMILES string of the molecule is O=C1C=c2ccc3c(ccc4c5ccccc5ccc34)c2=C1. The van der Waals surface area contributed by atoms with Crippen molar-refractivity contribution in [1.82, 2.24) is 0 Å². The predicted molar refractivity (Wildman–Crippen MR) is 92.1 cm³/mol. The van der Waals surface area contributed by atoms with E-state index < -0.39 is 0 Å². The van der Waals surface area contributed by atoms with Crippen molar-refractivity contribution in [2.75, 3.05) is 0 Å². The molecule has 0 heterocycles. The lowest BCUT2D eigenvalue weighted by Gasteiger charge is -2.07. The average molecular weight is 280 g/mol. The maximum Gasteiger partial charge on any atom is 0.179 e. The monoisotopic (exact) mass is 280 g/mol. The summed E-state index contributed by atoms with van der Waals surface area (Å²) in [6.45, 7) is 0. The number of rotatable bonds is 0. The third-order valence-corrected chi connectivity index (χ3v) is 4.58. The molecule has 0 aromatic heterocycles. The quantitative estimate of drug-likeness (QED) is 0.452. The molecule has 0 unspecified atom stereocenters. The Morgan fingerprint density at radius 1 is 0.545 bits per heavy atom. The number of ketones is 1. The molecule has 0 aliphatic heterocycles. The van der Waals surface area contributed by atoms with Crippen molar-refractivity contribution in [3.05, 3.63) is 71.1 Å². The van der Waals surface area contributed by atoms with Crippen molar-refractivity contribution < 1.29 is 4.79 Å². The lowest BCUT2D eigenvalue weighted by Crippen LogP contribution is -2.21. The predicted octanol–water partition coefficient (Wildman–Crippen LogP) is 3.29. The average Bonchev–Trinajstić information content (AvgIpc) is 2.94. The summed E-state index contributed by atoms with van der Waals surface area (Å²) >= 11 is 0. The van der Waals surface area contributed by atoms with Crippen LogP contribution >= 0.6 is 0 Å². The van der Waals surface area contributed by atoms with Gasteiger partial charge in [-0.3, -0.25) is 4.79 Å². The van der Waals surface area contributed by atoms with Crippen LogP contribution in [0.4, 0.5) is 0 Å². The smallest absolute Gasteiger partial charge is 0.179 e. The van der Waals surface area contributed by atoms with E-state index in [1.54, 1.807) is 12.2 Å². The Morgan fingerprint density at radius 3 is 2.18 bits per heavy atom. The van der Waals surface area contributed by atoms with Gasteiger partial charge in [0.1, 0.15) is 0 Å². The first-order valence-electron chi connectivity index (χ1n) is 7.42. The van der Waals surface area contributed by atoms with Crippen molar-refractivity contribution in [2.45, 2.75) is 0 Å². The largest absolute Gasteiger partial charge is 0.290 e. The Labute approximate surface area is 126 Å². The van der Waals surface area contributed by atoms with Crippen LogP contribution in [-0.2, 0) is 4.79 Å². The summed E-state index contributed by atoms with van der Waals surface area (Å²) in [5.41, 5.74) is 0. The fourth-order valence-corrected chi connectivity index (χ4v) is 3.57. The first-order chi connectivity index (χ1) is 10.8. The molecule has 0 saturated carbocycles. The third-order valence-electron chi connectivity index (χ3n) is 4.58. The normalized spacial score (nSPS) is 13.4. The van der Waals surface area contributed by atoms with Gasteiger partial charge < -0.3 is 0 Å². The van der Waals surface area contributed by atoms with Gasteiger partial charge in [0.2, 0.25) is 0 Å². The minimum Gasteiger partial charge on any atom is -0.290 e. The van der Waals surface area contributed by atoms with Crippen molar-refractivity contribution in [1.29, 1.82) is 0 Å². The van der Waals surface area contributed by atoms with Gasteiger partial charge in [-0.25, -0.2) is 0 Å². The first kappa shape index (κ1) is 11.7. The maximum absolute atomic E-state index is 11.7. The van der Waals surface area contributed by atoms with Gasteiger partial charge in [0.15, 0.2) is 5.78 Å². The molecule has 4 aromatic carbocycles. The van der Waals surface area contributed by atoms with E-state index in [1.165, 1.54) is 26.9 Å². The molecule has 0 fully saturated rings. The molecule has 1 aliphatic rings. The first-order valence-corrected chi connectivity index (χ1v) is 7.42. The molecule has 0 radical (unpaired) electrons. The highest BCUT2D eigenvalue weighted by Gasteiger charge is 2.08. The number of benzene rings is 4. The molecule has 0 N–H and O–H groups in total. The minimum atomic E-state index is 0.0844. The fourth-order valence-electron chi connectivity index (χ4n) is 3.57. The highest BCUT2D eigenvalue weighted by atomic mass is 16.1. The Kier molecular flexibility index (Phi) is 2.15. The molecule has 0 spiro atoms. The minimum absolute atomic E-state index is 0.0844. The van der Waals surface area contributed by atoms with Gasteiger partial charge in [0, 0.05) is 0 Å². The van der Waals surface area contributed by atoms with Crippen LogP contribution in [-0.4, -0.2) is 5.78 Å². The Balaban J connectivity index is 2.05. The van der Waals surface area contributed by atoms with Crippen LogP contribution in [0.3, 0.4) is 0 Å². The third kappa shape index (κ3) is 1.45. The molecule has 1 aliphatic carbocycles. The van der Waals surface area contributed by atoms with Gasteiger partial charge in [-0.1, -0.05) is 60.7 Å². The zero-order chi connectivity index (χ0) is 14.7. The van der Waals surface area contributed by atoms with E-state index in [9.17, 15) is 4.79 Å². The second kappa shape index (κ2) is 4.05. The van der Waals surface area contributed by atoms with E-state index in [0.29, 0.717) is 0 Å². The fraction of sp³-hybridized carbons (Fsp3) is 0. The zero-order valence-electron chi connectivity index (χ0n) is 11.8. The topological polar surface area (TPSA) is 17.1 Å². The molecule has 102 valence electrons. The van der Waals surface area contributed by atoms with Gasteiger partial charge >= 0.3 is 0 Å². The van der Waals surface area contributed by atoms with E-state index in [-0.39, 0.29) is 5.78 Å². The molecule has 0 atom stereocenters. The van der Waals surface area contributed by atoms with Crippen molar-refractivity contribution >= 4 is 50.3 Å². The summed E-state index contributed by atoms with van der Waals surface area (Å²) in [7, 11) is 0. The summed E-state index contributed by atoms with van der Waals surface area (Å²) < 4.78 is 0. The summed E-state index contributed by atoms with van der Waals surface area (Å²) in [6.07, 6.45) is 3.45. The molecule has 0 bridgehead atoms. The molecular formula is C21H12O. The molecule has 1 heteroatoms. The van der Waals surface area contributed by atoms with E-state index in [4.69, 9.17) is 0 Å². The Bertz CT molecular complexity index is 1230. The van der Waals surface area contributed by atoms with Crippen LogP contribution in [0.15, 0.2) is 60.7 Å². The number of fused-ring (bicyclic) bond motifs is 7. The van der Waals surface area contributed by atoms with Crippen LogP contribution in [0.5, 0.6) is 0 Å². The van der Waals surface area contributed by atoms with Gasteiger partial charge in [-0.2, -0.15) is 0 Å². The molecular weight excluding hydrogens is 268 g/mol. The second-order valence-electron chi connectivity index (χ2n) is 5.80. The number of hydrogen-bond donors (Lipinski definition) is 0. The van der Waals surface area contributed by atoms with E-state index in [0.717, 1.165) is 15.8 Å². The Morgan fingerprint density at radius 2 is 1.23 bits per heavy atom. The van der Waals surface area contributed by atoms with Crippen molar-refractivity contribution in [3.63, 3.8) is 0 Å². The summed E-state index contributed by atoms with van der Waals surface area (Å²) in [5, 5.41) is 9.48. The van der Waals surface area contributed by atoms with Gasteiger partial charge in [-0.05, 0) is 54.9 Å². The van der Waals surface area contributed by atoms with E-state index in [1.807, 2.05) is 6.07 Å². The van der Waals surface area contributed by atoms with Crippen molar-refractivity contribution in [3.8, 4) is 0 Å². The standard InChI is InChI=1S/C21H12O/c22-15-11-14-6-8-19-18-7-5-13-3-1-2-4-16(13)17(18)9-10-20(19)21(14)12-15/h1-12H. The molecule has 22 heavy (non-hydrogen) atoms. The highest BCUT2D eigenvalue weighted by Crippen LogP contribution is 2.29. The zero-order valence-corrected chi connectivity index (χ0v) is 11.8. The molecule has 1 nitrogen and oxygen atoms in total. The van der Waals surface area contributed by atoms with Gasteiger partial charge in [-0.15, -0.1) is 0 Å². The number of carbonyl (C=O) groups excluding carboxylic acids is 1. The van der Waals surface area contributed by atoms with Crippen LogP contribution in [0.2, 0.25) is 0 Å². The molecule has 0 amide bonds. The van der Waals surface area contributed by atoms with Crippen LogP contribution in [0.25, 0.3) is 44.5 Å². The summed E-state index contributed by atoms with van der Waals surface area (Å²) in [6, 6.07) is 21.3. The van der Waals surface area contributed by atoms with E-state index in [2.05, 4.69) is 54.6 Å². The molecule has 4 aromatic rings. The number of Topliss-reactive ketones (excluding diaryl/α,β-unsaturated/α-hetero) is 1. The lowest BCUT2D eigenvalue weighted by atomic mass is 9.96. The van der Waals surface area contributed by atoms with Gasteiger partial charge in [0.05, 0.1) is 0 Å². The number of hydrogen-bond acceptors (Lipinski definition) is 1. The van der Waals surface area contributed by atoms with Crippen LogP contribution < -0.4 is 10.4 Å². The Hall–Kier alpha value is -2.93. The highest BCUT2D eigenvalue weighted by molar-refractivity contribution is 6.28. The summed E-state index contributed by atoms with van der Waals surface area (Å²) in [4.78, 5) is 11.7. The lowest BCUT2D eigenvalue weighted by molar-refractivity contribution is -0.107. The summed E-state index contributed by atoms with van der Waals surface area (Å²) in [5.74, 6) is 0.0844. The molecule has 0 saturated heterocycles. The van der Waals surface area contributed by atoms with E-state index >= 15 is 0 Å². The van der Waals surface area contributed by atoms with Crippen LogP contribution in [0, 0.1) is 0 Å². The van der Waals surface area contributed by atoms with Crippen LogP contribution in [0.1, 0.15) is 0 Å². The van der Waals surface area contributed by atoms with Gasteiger partial charge in [0.25, 0.3) is 0 Å². The second-order valence-corrected chi connectivity index (χ2v) is 5.80. The van der Waals surface area contributed by atoms with Crippen molar-refractivity contribution in [2.24, 2.45) is 0 Å².